The number of halogens is 2. The summed E-state index contributed by atoms with van der Waals surface area (Å²) in [7, 11) is 0. The quantitative estimate of drug-likeness (QED) is 0.173. The van der Waals surface area contributed by atoms with E-state index < -0.39 is 27.9 Å². The van der Waals surface area contributed by atoms with Gasteiger partial charge in [0.05, 0.1) is 17.1 Å². The topological polar surface area (TPSA) is 88.4 Å². The fourth-order valence-electron chi connectivity index (χ4n) is 5.77. The Morgan fingerprint density at radius 2 is 1.38 bits per heavy atom. The van der Waals surface area contributed by atoms with E-state index in [9.17, 15) is 18.4 Å². The minimum Gasteiger partial charge on any atom is -0.301 e. The van der Waals surface area contributed by atoms with Crippen LogP contribution in [0.3, 0.4) is 0 Å². The maximum Gasteiger partial charge on any atom is 0.252 e. The highest BCUT2D eigenvalue weighted by Gasteiger charge is 2.24. The Balaban J connectivity index is 1.34. The first kappa shape index (κ1) is 28.9. The van der Waals surface area contributed by atoms with Crippen LogP contribution in [0.5, 0.6) is 0 Å². The van der Waals surface area contributed by atoms with E-state index in [2.05, 4.69) is 98.1 Å². The molecule has 3 aromatic heterocycles. The van der Waals surface area contributed by atoms with Crippen molar-refractivity contribution in [2.24, 2.45) is 4.99 Å². The summed E-state index contributed by atoms with van der Waals surface area (Å²) in [5, 5.41) is 1.94. The lowest BCUT2D eigenvalue weighted by atomic mass is 10.1. The Morgan fingerprint density at radius 3 is 2.06 bits per heavy atom. The zero-order chi connectivity index (χ0) is 32.4. The second-order valence-corrected chi connectivity index (χ2v) is 12.7. The van der Waals surface area contributed by atoms with E-state index in [0.29, 0.717) is 22.7 Å². The van der Waals surface area contributed by atoms with Crippen LogP contribution in [0.15, 0.2) is 106 Å². The molecule has 0 aliphatic heterocycles. The van der Waals surface area contributed by atoms with Crippen LogP contribution < -0.4 is 21.1 Å². The van der Waals surface area contributed by atoms with E-state index in [1.165, 1.54) is 0 Å². The van der Waals surface area contributed by atoms with E-state index in [-0.39, 0.29) is 16.6 Å². The molecule has 0 bridgehead atoms. The van der Waals surface area contributed by atoms with Gasteiger partial charge >= 0.3 is 0 Å². The molecule has 0 aliphatic carbocycles. The first-order chi connectivity index (χ1) is 22.8. The number of pyridine rings is 1. The number of thiophene rings is 1. The number of aromatic nitrogens is 3. The molecule has 0 atom stereocenters. The van der Waals surface area contributed by atoms with Crippen molar-refractivity contribution >= 4 is 77.8 Å². The van der Waals surface area contributed by atoms with Gasteiger partial charge in [0.25, 0.3) is 5.43 Å². The number of rotatable bonds is 5. The third-order valence-electron chi connectivity index (χ3n) is 8.08. The fourth-order valence-corrected chi connectivity index (χ4v) is 7.66. The van der Waals surface area contributed by atoms with Crippen molar-refractivity contribution in [3.8, 4) is 10.4 Å². The Hall–Kier alpha value is -5.52. The summed E-state index contributed by atoms with van der Waals surface area (Å²) in [6, 6.07) is 26.4. The van der Waals surface area contributed by atoms with Crippen LogP contribution in [-0.4, -0.2) is 13.7 Å². The number of aryl methyl sites for hydroxylation is 2. The van der Waals surface area contributed by atoms with Crippen LogP contribution in [0, 0.1) is 25.5 Å². The van der Waals surface area contributed by atoms with Crippen LogP contribution >= 0.6 is 23.1 Å². The number of nitrogens with zero attached hydrogens (tertiary/aromatic N) is 5. The fraction of sp³-hybridized carbons (Fsp3) is 0.0556. The van der Waals surface area contributed by atoms with Gasteiger partial charge in [0.15, 0.2) is 5.82 Å². The van der Waals surface area contributed by atoms with Gasteiger partial charge < -0.3 is 4.90 Å². The number of fused-ring (bicyclic) bond motifs is 3. The maximum absolute atomic E-state index is 14.5. The molecular formula is C36H21F2N5O2S2. The van der Waals surface area contributed by atoms with Crippen molar-refractivity contribution in [2.45, 2.75) is 13.8 Å². The summed E-state index contributed by atoms with van der Waals surface area (Å²) in [5.41, 5.74) is 3.73. The standard InChI is InChI=1S/C36H21F2N5O2S2/c1-18-7-11-21(12-8-18)43(22-13-9-19(2)10-14-22)36-24-6-4-3-5-23(24)34(46-36)26-17-39-35(31-29(26)41-47-42-31)40-30-25-15-20(37)16-27(38)28(25)32(44)33(30)45/h3-17H,1-2H3. The molecule has 11 heteroatoms. The molecule has 7 nitrogen and oxygen atoms in total. The normalized spacial score (nSPS) is 12.1. The van der Waals surface area contributed by atoms with Crippen LogP contribution in [-0.2, 0) is 0 Å². The molecule has 47 heavy (non-hydrogen) atoms. The molecule has 0 N–H and O–H groups in total. The molecule has 0 fully saturated rings. The Morgan fingerprint density at radius 1 is 0.745 bits per heavy atom. The summed E-state index contributed by atoms with van der Waals surface area (Å²) in [5.74, 6) is -2.02. The van der Waals surface area contributed by atoms with E-state index in [0.717, 1.165) is 60.9 Å². The minimum absolute atomic E-state index is 0.0215. The van der Waals surface area contributed by atoms with E-state index in [1.54, 1.807) is 17.5 Å². The molecule has 0 saturated heterocycles. The Bertz CT molecular complexity index is 2630. The van der Waals surface area contributed by atoms with Gasteiger partial charge in [-0.3, -0.25) is 9.59 Å². The van der Waals surface area contributed by atoms with Gasteiger partial charge in [-0.2, -0.15) is 8.75 Å². The van der Waals surface area contributed by atoms with Crippen molar-refractivity contribution in [1.29, 1.82) is 0 Å². The molecule has 5 aromatic carbocycles. The molecule has 0 spiro atoms. The summed E-state index contributed by atoms with van der Waals surface area (Å²) < 4.78 is 37.6. The molecule has 8 aromatic rings. The zero-order valence-corrected chi connectivity index (χ0v) is 26.4. The van der Waals surface area contributed by atoms with Crippen molar-refractivity contribution in [3.63, 3.8) is 0 Å². The largest absolute Gasteiger partial charge is 0.301 e. The van der Waals surface area contributed by atoms with Crippen molar-refractivity contribution < 1.29 is 8.78 Å². The average Bonchev–Trinajstić information content (AvgIpc) is 3.76. The van der Waals surface area contributed by atoms with Crippen molar-refractivity contribution in [3.05, 3.63) is 140 Å². The predicted molar refractivity (Wildman–Crippen MR) is 184 cm³/mol. The number of hydrogen-bond donors (Lipinski definition) is 0. The summed E-state index contributed by atoms with van der Waals surface area (Å²) in [4.78, 5) is 37.4. The molecule has 0 amide bonds. The van der Waals surface area contributed by atoms with Gasteiger partial charge in [0.2, 0.25) is 5.43 Å². The predicted octanol–water partition coefficient (Wildman–Crippen LogP) is 8.31. The molecule has 3 heterocycles. The van der Waals surface area contributed by atoms with Crippen LogP contribution in [0.4, 0.5) is 31.0 Å². The van der Waals surface area contributed by atoms with Gasteiger partial charge in [0, 0.05) is 50.2 Å². The number of anilines is 3. The second-order valence-electron chi connectivity index (χ2n) is 11.2. The van der Waals surface area contributed by atoms with Gasteiger partial charge in [-0.25, -0.2) is 18.8 Å². The van der Waals surface area contributed by atoms with E-state index in [4.69, 9.17) is 0 Å². The van der Waals surface area contributed by atoms with Gasteiger partial charge in [-0.15, -0.1) is 11.3 Å². The monoisotopic (exact) mass is 657 g/mol. The molecular weight excluding hydrogens is 637 g/mol. The van der Waals surface area contributed by atoms with E-state index >= 15 is 0 Å². The molecule has 0 aliphatic rings. The van der Waals surface area contributed by atoms with Crippen LogP contribution in [0.25, 0.3) is 43.0 Å². The van der Waals surface area contributed by atoms with Crippen molar-refractivity contribution in [2.75, 3.05) is 4.90 Å². The first-order valence-corrected chi connectivity index (χ1v) is 16.1. The Kier molecular flexibility index (Phi) is 6.81. The van der Waals surface area contributed by atoms with Crippen molar-refractivity contribution in [1.82, 2.24) is 13.7 Å². The second kappa shape index (κ2) is 11.1. The van der Waals surface area contributed by atoms with Gasteiger partial charge in [-0.05, 0) is 44.2 Å². The highest BCUT2D eigenvalue weighted by atomic mass is 32.1. The molecule has 8 rings (SSSR count). The maximum atomic E-state index is 14.5. The molecule has 0 radical (unpaired) electrons. The highest BCUT2D eigenvalue weighted by molar-refractivity contribution is 7.21. The molecule has 228 valence electrons. The van der Waals surface area contributed by atoms with Gasteiger partial charge in [-0.1, -0.05) is 59.7 Å². The number of hydrogen-bond acceptors (Lipinski definition) is 9. The summed E-state index contributed by atoms with van der Waals surface area (Å²) in [6.45, 7) is 4.12. The smallest absolute Gasteiger partial charge is 0.252 e. The minimum atomic E-state index is -1.11. The molecule has 0 unspecified atom stereocenters. The highest BCUT2D eigenvalue weighted by Crippen LogP contribution is 2.50. The SMILES string of the molecule is Cc1ccc(N(c2ccc(C)cc2)c2sc(-c3cnc(N=c4c(=O)c(=O)c5c(F)cc(F)cc45)c4nsnc34)c3ccccc23)cc1. The third-order valence-corrected chi connectivity index (χ3v) is 9.85. The Labute approximate surface area is 273 Å². The first-order valence-electron chi connectivity index (χ1n) is 14.5. The average molecular weight is 658 g/mol. The lowest BCUT2D eigenvalue weighted by Gasteiger charge is -2.24. The van der Waals surface area contributed by atoms with Crippen LogP contribution in [0.1, 0.15) is 11.1 Å². The zero-order valence-electron chi connectivity index (χ0n) is 24.8. The summed E-state index contributed by atoms with van der Waals surface area (Å²) >= 11 is 2.54. The molecule has 0 saturated carbocycles. The number of benzene rings is 4. The lowest BCUT2D eigenvalue weighted by Crippen LogP contribution is -2.30. The summed E-state index contributed by atoms with van der Waals surface area (Å²) in [6.07, 6.45) is 1.61. The van der Waals surface area contributed by atoms with E-state index in [1.807, 2.05) is 12.1 Å². The lowest BCUT2D eigenvalue weighted by molar-refractivity contribution is 0.592. The van der Waals surface area contributed by atoms with Crippen LogP contribution in [0.2, 0.25) is 0 Å². The third kappa shape index (κ3) is 4.74. The van der Waals surface area contributed by atoms with Gasteiger partial charge in [0.1, 0.15) is 33.0 Å².